The molecule has 40 heavy (non-hydrogen) atoms. The van der Waals surface area contributed by atoms with E-state index in [1.807, 2.05) is 14.2 Å². The molecule has 0 heterocycles. The molecule has 0 bridgehead atoms. The fraction of sp³-hybridized carbons (Fsp3) is 0.765. The molecule has 0 aromatic heterocycles. The maximum Gasteiger partial charge on any atom is 0.192 e. The van der Waals surface area contributed by atoms with Crippen molar-refractivity contribution < 1.29 is 18.3 Å². The van der Waals surface area contributed by atoms with Crippen molar-refractivity contribution in [2.24, 2.45) is 5.92 Å². The van der Waals surface area contributed by atoms with Gasteiger partial charge in [-0.1, -0.05) is 52.2 Å². The topological polar surface area (TPSA) is 36.9 Å². The van der Waals surface area contributed by atoms with Crippen LogP contribution in [-0.4, -0.2) is 42.6 Å². The molecule has 1 aromatic rings. The van der Waals surface area contributed by atoms with E-state index in [2.05, 4.69) is 86.7 Å². The smallest absolute Gasteiger partial charge is 0.192 e. The van der Waals surface area contributed by atoms with Gasteiger partial charge in [0, 0.05) is 17.6 Å². The molecule has 1 aliphatic rings. The molecular formula is C34H62O4Si2. The third-order valence-electron chi connectivity index (χ3n) is 9.14. The van der Waals surface area contributed by atoms with Crippen molar-refractivity contribution in [1.82, 2.24) is 0 Å². The SMILES string of the molecule is CCCCCc1cc(OC)c([C@@H]2C=C(C[Si](C)(C)OC(C)C)CC[C@H]2C(C)(C)O[Si](CC)(CC)CC)c(OC)c1. The van der Waals surface area contributed by atoms with E-state index in [-0.39, 0.29) is 17.6 Å². The minimum Gasteiger partial charge on any atom is -0.496 e. The number of hydrogen-bond acceptors (Lipinski definition) is 4. The largest absolute Gasteiger partial charge is 0.496 e. The molecule has 4 nitrogen and oxygen atoms in total. The average Bonchev–Trinajstić information content (AvgIpc) is 2.90. The summed E-state index contributed by atoms with van der Waals surface area (Å²) in [5.41, 5.74) is 3.75. The van der Waals surface area contributed by atoms with E-state index in [0.29, 0.717) is 5.92 Å². The zero-order chi connectivity index (χ0) is 30.1. The van der Waals surface area contributed by atoms with Crippen LogP contribution in [0, 0.1) is 5.92 Å². The van der Waals surface area contributed by atoms with Crippen LogP contribution in [0.25, 0.3) is 0 Å². The van der Waals surface area contributed by atoms with Crippen molar-refractivity contribution in [3.05, 3.63) is 34.9 Å². The summed E-state index contributed by atoms with van der Waals surface area (Å²) < 4.78 is 26.1. The molecule has 1 aromatic carbocycles. The molecule has 0 N–H and O–H groups in total. The van der Waals surface area contributed by atoms with E-state index in [4.69, 9.17) is 18.3 Å². The lowest BCUT2D eigenvalue weighted by molar-refractivity contribution is 0.0181. The molecule has 0 aliphatic heterocycles. The van der Waals surface area contributed by atoms with Crippen molar-refractivity contribution in [1.29, 1.82) is 0 Å². The Morgan fingerprint density at radius 1 is 0.925 bits per heavy atom. The summed E-state index contributed by atoms with van der Waals surface area (Å²) in [6.45, 7) is 23.0. The predicted octanol–water partition coefficient (Wildman–Crippen LogP) is 10.3. The second-order valence-corrected chi connectivity index (χ2v) is 22.2. The lowest BCUT2D eigenvalue weighted by Crippen LogP contribution is -2.49. The van der Waals surface area contributed by atoms with Crippen LogP contribution in [0.15, 0.2) is 23.8 Å². The van der Waals surface area contributed by atoms with Gasteiger partial charge in [0.1, 0.15) is 11.5 Å². The third-order valence-corrected chi connectivity index (χ3v) is 16.4. The summed E-state index contributed by atoms with van der Waals surface area (Å²) in [7, 11) is -0.0164. The Morgan fingerprint density at radius 2 is 1.50 bits per heavy atom. The average molecular weight is 591 g/mol. The molecule has 0 spiro atoms. The van der Waals surface area contributed by atoms with Crippen LogP contribution in [0.3, 0.4) is 0 Å². The predicted molar refractivity (Wildman–Crippen MR) is 177 cm³/mol. The van der Waals surface area contributed by atoms with E-state index in [1.165, 1.54) is 36.0 Å². The van der Waals surface area contributed by atoms with Gasteiger partial charge in [-0.05, 0) is 114 Å². The van der Waals surface area contributed by atoms with Gasteiger partial charge in [-0.25, -0.2) is 0 Å². The Morgan fingerprint density at radius 3 is 1.98 bits per heavy atom. The van der Waals surface area contributed by atoms with Crippen molar-refractivity contribution in [2.45, 2.75) is 149 Å². The van der Waals surface area contributed by atoms with Crippen LogP contribution in [0.5, 0.6) is 11.5 Å². The van der Waals surface area contributed by atoms with E-state index in [1.54, 1.807) is 0 Å². The van der Waals surface area contributed by atoms with E-state index < -0.39 is 16.6 Å². The Hall–Kier alpha value is -1.09. The van der Waals surface area contributed by atoms with Gasteiger partial charge in [0.25, 0.3) is 0 Å². The summed E-state index contributed by atoms with van der Waals surface area (Å²) in [4.78, 5) is 0. The Kier molecular flexibility index (Phi) is 13.5. The maximum atomic E-state index is 7.30. The van der Waals surface area contributed by atoms with Crippen molar-refractivity contribution >= 4 is 16.6 Å². The van der Waals surface area contributed by atoms with Crippen LogP contribution in [0.1, 0.15) is 105 Å². The molecule has 0 radical (unpaired) electrons. The third kappa shape index (κ3) is 9.21. The van der Waals surface area contributed by atoms with Crippen molar-refractivity contribution in [2.75, 3.05) is 14.2 Å². The van der Waals surface area contributed by atoms with Crippen LogP contribution in [0.4, 0.5) is 0 Å². The molecule has 6 heteroatoms. The van der Waals surface area contributed by atoms with Gasteiger partial charge in [-0.3, -0.25) is 0 Å². The highest BCUT2D eigenvalue weighted by Gasteiger charge is 2.45. The number of hydrogen-bond donors (Lipinski definition) is 0. The maximum absolute atomic E-state index is 7.30. The van der Waals surface area contributed by atoms with Gasteiger partial charge in [-0.15, -0.1) is 0 Å². The van der Waals surface area contributed by atoms with E-state index in [0.717, 1.165) is 54.9 Å². The highest BCUT2D eigenvalue weighted by atomic mass is 28.4. The lowest BCUT2D eigenvalue weighted by atomic mass is 9.69. The number of aryl methyl sites for hydroxylation is 1. The fourth-order valence-electron chi connectivity index (χ4n) is 7.06. The fourth-order valence-corrected chi connectivity index (χ4v) is 13.0. The Labute approximate surface area is 249 Å². The first-order chi connectivity index (χ1) is 18.8. The molecule has 1 aliphatic carbocycles. The molecule has 0 unspecified atom stereocenters. The summed E-state index contributed by atoms with van der Waals surface area (Å²) in [6.07, 6.45) is 9.72. The minimum atomic E-state index is -1.83. The first-order valence-electron chi connectivity index (χ1n) is 16.1. The van der Waals surface area contributed by atoms with Crippen LogP contribution < -0.4 is 9.47 Å². The van der Waals surface area contributed by atoms with Gasteiger partial charge < -0.3 is 18.3 Å². The molecular weight excluding hydrogens is 529 g/mol. The number of unbranched alkanes of at least 4 members (excludes halogenated alkanes) is 2. The zero-order valence-corrected chi connectivity index (χ0v) is 30.2. The normalized spacial score (nSPS) is 18.7. The highest BCUT2D eigenvalue weighted by Crippen LogP contribution is 2.51. The lowest BCUT2D eigenvalue weighted by Gasteiger charge is -2.47. The second kappa shape index (κ2) is 15.4. The van der Waals surface area contributed by atoms with Crippen molar-refractivity contribution in [3.63, 3.8) is 0 Å². The number of methoxy groups -OCH3 is 2. The van der Waals surface area contributed by atoms with Crippen LogP contribution >= 0.6 is 0 Å². The Balaban J connectivity index is 2.65. The van der Waals surface area contributed by atoms with Crippen LogP contribution in [-0.2, 0) is 15.3 Å². The van der Waals surface area contributed by atoms with E-state index >= 15 is 0 Å². The van der Waals surface area contributed by atoms with Gasteiger partial charge in [0.15, 0.2) is 16.6 Å². The number of benzene rings is 1. The molecule has 230 valence electrons. The first kappa shape index (κ1) is 35.1. The van der Waals surface area contributed by atoms with Crippen molar-refractivity contribution in [3.8, 4) is 11.5 Å². The highest BCUT2D eigenvalue weighted by molar-refractivity contribution is 6.73. The zero-order valence-electron chi connectivity index (χ0n) is 28.2. The molecule has 0 saturated heterocycles. The summed E-state index contributed by atoms with van der Waals surface area (Å²) in [5, 5.41) is 0. The standard InChI is InChI=1S/C34H62O4Si2/c1-13-17-18-19-27-23-31(35-9)33(32(24-27)36-10)29-22-28(25-39(11,12)37-26(5)6)20-21-30(29)34(7,8)38-40(14-2,15-3)16-4/h22-24,26,29-30H,13-21,25H2,1-12H3/t29-,30-/m1/s1. The summed E-state index contributed by atoms with van der Waals surface area (Å²) in [6, 6.07) is 9.08. The van der Waals surface area contributed by atoms with Gasteiger partial charge in [0.2, 0.25) is 0 Å². The summed E-state index contributed by atoms with van der Waals surface area (Å²) >= 11 is 0. The summed E-state index contributed by atoms with van der Waals surface area (Å²) in [5.74, 6) is 2.40. The second-order valence-electron chi connectivity index (χ2n) is 13.4. The number of allylic oxidation sites excluding steroid dienone is 2. The molecule has 0 amide bonds. The first-order valence-corrected chi connectivity index (χ1v) is 21.8. The Bertz CT molecular complexity index is 916. The quantitative estimate of drug-likeness (QED) is 0.103. The minimum absolute atomic E-state index is 0.162. The van der Waals surface area contributed by atoms with Gasteiger partial charge in [0.05, 0.1) is 19.8 Å². The molecule has 0 saturated carbocycles. The molecule has 2 atom stereocenters. The van der Waals surface area contributed by atoms with Crippen LogP contribution in [0.2, 0.25) is 37.3 Å². The van der Waals surface area contributed by atoms with Gasteiger partial charge in [-0.2, -0.15) is 0 Å². The molecule has 0 fully saturated rings. The number of rotatable bonds is 17. The van der Waals surface area contributed by atoms with Gasteiger partial charge >= 0.3 is 0 Å². The molecule has 2 rings (SSSR count). The monoisotopic (exact) mass is 590 g/mol. The van der Waals surface area contributed by atoms with E-state index in [9.17, 15) is 0 Å². The number of ether oxygens (including phenoxy) is 2.